The number of methoxy groups -OCH3 is 1. The van der Waals surface area contributed by atoms with E-state index in [2.05, 4.69) is 32.9 Å². The Kier molecular flexibility index (Phi) is 9.49. The smallest absolute Gasteiger partial charge is 0.278 e. The lowest BCUT2D eigenvalue weighted by Crippen LogP contribution is -2.24. The van der Waals surface area contributed by atoms with E-state index in [9.17, 15) is 9.59 Å². The first-order valence-corrected chi connectivity index (χ1v) is 11.7. The Labute approximate surface area is 197 Å². The molecule has 1 aliphatic rings. The zero-order valence-electron chi connectivity index (χ0n) is 21.5. The summed E-state index contributed by atoms with van der Waals surface area (Å²) in [6, 6.07) is 4.34. The number of aromatic nitrogens is 2. The fourth-order valence-electron chi connectivity index (χ4n) is 3.71. The van der Waals surface area contributed by atoms with Crippen molar-refractivity contribution in [3.8, 4) is 17.0 Å². The van der Waals surface area contributed by atoms with Crippen molar-refractivity contribution in [2.24, 2.45) is 5.41 Å². The van der Waals surface area contributed by atoms with E-state index in [1.54, 1.807) is 18.7 Å². The molecule has 0 unspecified atom stereocenters. The van der Waals surface area contributed by atoms with Crippen LogP contribution in [0.15, 0.2) is 16.9 Å². The summed E-state index contributed by atoms with van der Waals surface area (Å²) in [5.41, 5.74) is 5.09. The van der Waals surface area contributed by atoms with Crippen molar-refractivity contribution in [1.82, 2.24) is 9.36 Å². The number of ether oxygens (including phenoxy) is 3. The second-order valence-corrected chi connectivity index (χ2v) is 9.37. The van der Waals surface area contributed by atoms with Crippen molar-refractivity contribution in [2.45, 2.75) is 74.4 Å². The first-order chi connectivity index (χ1) is 15.6. The number of rotatable bonds is 6. The van der Waals surface area contributed by atoms with Gasteiger partial charge in [-0.3, -0.25) is 9.59 Å². The number of fused-ring (bicyclic) bond motifs is 1. The van der Waals surface area contributed by atoms with Gasteiger partial charge in [-0.15, -0.1) is 0 Å². The minimum absolute atomic E-state index is 0.0187. The highest BCUT2D eigenvalue weighted by atomic mass is 16.7. The number of carbonyl (C=O) groups is 1. The van der Waals surface area contributed by atoms with Gasteiger partial charge in [0.15, 0.2) is 6.79 Å². The highest BCUT2D eigenvalue weighted by Crippen LogP contribution is 2.35. The van der Waals surface area contributed by atoms with Crippen molar-refractivity contribution < 1.29 is 19.0 Å². The highest BCUT2D eigenvalue weighted by molar-refractivity contribution is 5.80. The number of benzene rings is 1. The van der Waals surface area contributed by atoms with Gasteiger partial charge in [-0.2, -0.15) is 0 Å². The molecule has 0 aliphatic carbocycles. The van der Waals surface area contributed by atoms with Crippen LogP contribution < -0.4 is 10.3 Å². The van der Waals surface area contributed by atoms with E-state index in [4.69, 9.17) is 14.2 Å². The van der Waals surface area contributed by atoms with Gasteiger partial charge in [-0.1, -0.05) is 52.3 Å². The van der Waals surface area contributed by atoms with Gasteiger partial charge in [0.2, 0.25) is 5.88 Å². The van der Waals surface area contributed by atoms with E-state index in [-0.39, 0.29) is 23.6 Å². The molecule has 184 valence electrons. The number of hydrogen-bond acceptors (Lipinski definition) is 5. The van der Waals surface area contributed by atoms with Gasteiger partial charge in [0.25, 0.3) is 5.56 Å². The lowest BCUT2D eigenvalue weighted by atomic mass is 9.91. The van der Waals surface area contributed by atoms with Crippen molar-refractivity contribution in [2.75, 3.05) is 27.1 Å². The Morgan fingerprint density at radius 1 is 1.03 bits per heavy atom. The fraction of sp³-hybridized carbons (Fsp3) is 0.615. The molecule has 0 radical (unpaired) electrons. The SMILES string of the molecule is CC(=O)C(C)(C)C.CCc1cc(C)cc(CC)c1-c1c(OCOC)n2n(c1=O)CCOCC2. The summed E-state index contributed by atoms with van der Waals surface area (Å²) >= 11 is 0. The van der Waals surface area contributed by atoms with Crippen LogP contribution in [0.25, 0.3) is 11.1 Å². The van der Waals surface area contributed by atoms with Gasteiger partial charge >= 0.3 is 0 Å². The largest absolute Gasteiger partial charge is 0.450 e. The van der Waals surface area contributed by atoms with Gasteiger partial charge in [-0.05, 0) is 43.4 Å². The molecule has 0 spiro atoms. The minimum atomic E-state index is -0.139. The number of ketones is 1. The van der Waals surface area contributed by atoms with E-state index in [1.165, 1.54) is 16.7 Å². The van der Waals surface area contributed by atoms with Crippen molar-refractivity contribution >= 4 is 5.78 Å². The molecule has 1 aromatic carbocycles. The Hall–Kier alpha value is -2.38. The molecule has 1 aromatic heterocycles. The summed E-state index contributed by atoms with van der Waals surface area (Å²) in [7, 11) is 1.58. The van der Waals surface area contributed by atoms with Crippen LogP contribution in [0.3, 0.4) is 0 Å². The molecule has 7 nitrogen and oxygen atoms in total. The van der Waals surface area contributed by atoms with Crippen LogP contribution in [0.2, 0.25) is 0 Å². The standard InChI is InChI=1S/C20H28N2O4.C6H12O/c1-5-15-11-14(3)12-16(6-2)17(15)18-19(23)21-7-9-25-10-8-22(21)20(18)26-13-24-4;1-5(7)6(2,3)4/h11-12H,5-10,13H2,1-4H3;1-4H3. The third-order valence-electron chi connectivity index (χ3n) is 5.91. The van der Waals surface area contributed by atoms with Gasteiger partial charge in [0, 0.05) is 12.5 Å². The topological polar surface area (TPSA) is 71.7 Å². The summed E-state index contributed by atoms with van der Waals surface area (Å²) in [6.45, 7) is 16.0. The fourth-order valence-corrected chi connectivity index (χ4v) is 3.71. The maximum Gasteiger partial charge on any atom is 0.278 e. The zero-order chi connectivity index (χ0) is 24.8. The molecule has 0 atom stereocenters. The predicted molar refractivity (Wildman–Crippen MR) is 131 cm³/mol. The second kappa shape index (κ2) is 11.7. The minimum Gasteiger partial charge on any atom is -0.450 e. The van der Waals surface area contributed by atoms with Crippen molar-refractivity contribution in [1.29, 1.82) is 0 Å². The maximum absolute atomic E-state index is 13.3. The van der Waals surface area contributed by atoms with E-state index < -0.39 is 0 Å². The molecule has 0 amide bonds. The molecule has 3 rings (SSSR count). The quantitative estimate of drug-likeness (QED) is 0.598. The van der Waals surface area contributed by atoms with Crippen molar-refractivity contribution in [3.63, 3.8) is 0 Å². The Morgan fingerprint density at radius 3 is 2.00 bits per heavy atom. The number of Topliss-reactive ketones (excluding diaryl/α,β-unsaturated/α-hetero) is 1. The average molecular weight is 461 g/mol. The molecule has 2 heterocycles. The van der Waals surface area contributed by atoms with Gasteiger partial charge in [-0.25, -0.2) is 9.36 Å². The van der Waals surface area contributed by atoms with E-state index in [0.29, 0.717) is 37.7 Å². The number of nitrogens with zero attached hydrogens (tertiary/aromatic N) is 2. The van der Waals surface area contributed by atoms with E-state index in [0.717, 1.165) is 18.4 Å². The third-order valence-corrected chi connectivity index (χ3v) is 5.91. The first kappa shape index (κ1) is 26.9. The monoisotopic (exact) mass is 460 g/mol. The molecule has 2 aromatic rings. The molecule has 0 N–H and O–H groups in total. The number of aryl methyl sites for hydroxylation is 3. The lowest BCUT2D eigenvalue weighted by Gasteiger charge is -2.16. The van der Waals surface area contributed by atoms with Crippen LogP contribution in [0, 0.1) is 12.3 Å². The summed E-state index contributed by atoms with van der Waals surface area (Å²) < 4.78 is 20.2. The second-order valence-electron chi connectivity index (χ2n) is 9.37. The number of hydrogen-bond donors (Lipinski definition) is 0. The predicted octanol–water partition coefficient (Wildman–Crippen LogP) is 4.38. The average Bonchev–Trinajstić information content (AvgIpc) is 2.91. The molecule has 0 fully saturated rings. The summed E-state index contributed by atoms with van der Waals surface area (Å²) in [4.78, 5) is 23.8. The molecule has 0 saturated carbocycles. The van der Waals surface area contributed by atoms with E-state index >= 15 is 0 Å². The normalized spacial score (nSPS) is 13.6. The van der Waals surface area contributed by atoms with Crippen molar-refractivity contribution in [3.05, 3.63) is 39.2 Å². The first-order valence-electron chi connectivity index (χ1n) is 11.7. The number of carbonyl (C=O) groups excluding carboxylic acids is 1. The Bertz CT molecular complexity index is 986. The van der Waals surface area contributed by atoms with Crippen LogP contribution in [0.1, 0.15) is 58.2 Å². The molecule has 1 aliphatic heterocycles. The van der Waals surface area contributed by atoms with Gasteiger partial charge < -0.3 is 14.2 Å². The summed E-state index contributed by atoms with van der Waals surface area (Å²) in [5.74, 6) is 0.822. The van der Waals surface area contributed by atoms with Crippen LogP contribution in [-0.2, 0) is 40.2 Å². The molecular weight excluding hydrogens is 420 g/mol. The highest BCUT2D eigenvalue weighted by Gasteiger charge is 2.27. The molecule has 0 bridgehead atoms. The lowest BCUT2D eigenvalue weighted by molar-refractivity contribution is -0.124. The van der Waals surface area contributed by atoms with Crippen LogP contribution in [0.5, 0.6) is 5.88 Å². The summed E-state index contributed by atoms with van der Waals surface area (Å²) in [5, 5.41) is 0. The molecule has 33 heavy (non-hydrogen) atoms. The Balaban J connectivity index is 0.000000479. The van der Waals surface area contributed by atoms with Crippen LogP contribution in [0.4, 0.5) is 0 Å². The zero-order valence-corrected chi connectivity index (χ0v) is 21.5. The molecular formula is C26H40N2O5. The van der Waals surface area contributed by atoms with Gasteiger partial charge in [0.05, 0.1) is 26.3 Å². The summed E-state index contributed by atoms with van der Waals surface area (Å²) in [6.07, 6.45) is 1.73. The van der Waals surface area contributed by atoms with Crippen LogP contribution in [-0.4, -0.2) is 42.3 Å². The van der Waals surface area contributed by atoms with E-state index in [1.807, 2.05) is 25.5 Å². The Morgan fingerprint density at radius 2 is 1.55 bits per heavy atom. The van der Waals surface area contributed by atoms with Crippen LogP contribution >= 0.6 is 0 Å². The van der Waals surface area contributed by atoms with Gasteiger partial charge in [0.1, 0.15) is 11.3 Å². The molecule has 7 heteroatoms. The third kappa shape index (κ3) is 6.36. The molecule has 0 saturated heterocycles. The maximum atomic E-state index is 13.3.